The molecule has 196 valence electrons. The van der Waals surface area contributed by atoms with Crippen LogP contribution in [0.5, 0.6) is 11.5 Å². The van der Waals surface area contributed by atoms with Gasteiger partial charge in [-0.3, -0.25) is 0 Å². The van der Waals surface area contributed by atoms with Crippen LogP contribution in [0, 0.1) is 0 Å². The quantitative estimate of drug-likeness (QED) is 0.378. The molecule has 2 heterocycles. The molecule has 0 aliphatic rings. The summed E-state index contributed by atoms with van der Waals surface area (Å²) in [5.74, 6) is 2.47. The van der Waals surface area contributed by atoms with Gasteiger partial charge in [-0.2, -0.15) is 0 Å². The molecule has 0 unspecified atom stereocenters. The number of nitrogens with one attached hydrogen (secondary N) is 1. The van der Waals surface area contributed by atoms with Crippen LogP contribution in [0.1, 0.15) is 79.4 Å². The van der Waals surface area contributed by atoms with Gasteiger partial charge in [-0.05, 0) is 18.9 Å². The molecule has 2 aromatic heterocycles. The summed E-state index contributed by atoms with van der Waals surface area (Å²) in [7, 11) is 5.16. The van der Waals surface area contributed by atoms with Crippen molar-refractivity contribution >= 4 is 22.7 Å². The predicted octanol–water partition coefficient (Wildman–Crippen LogP) is 7.32. The fraction of sp³-hybridized carbons (Fsp3) is 0.536. The third-order valence-corrected chi connectivity index (χ3v) is 4.68. The molecule has 0 radical (unpaired) electrons. The van der Waals surface area contributed by atoms with Crippen LogP contribution in [0.25, 0.3) is 22.2 Å². The maximum absolute atomic E-state index is 5.75. The number of hydrogen-bond donors (Lipinski definition) is 2. The molecule has 0 atom stereocenters. The molecule has 0 saturated heterocycles. The lowest BCUT2D eigenvalue weighted by atomic mass is 9.92. The van der Waals surface area contributed by atoms with Crippen molar-refractivity contribution in [3.8, 4) is 22.8 Å². The number of nitrogens with zero attached hydrogens (tertiary/aromatic N) is 3. The molecular weight excluding hydrogens is 438 g/mol. The van der Waals surface area contributed by atoms with Crippen molar-refractivity contribution in [1.29, 1.82) is 0 Å². The fourth-order valence-electron chi connectivity index (χ4n) is 3.45. The maximum atomic E-state index is 5.75. The molecule has 3 aromatic rings. The van der Waals surface area contributed by atoms with Gasteiger partial charge >= 0.3 is 0 Å². The standard InChI is InChI=1S/C20H25N5O2.2C3H8.C2H6/c1-6-12-15(26-4)9-16(27-5)13(7-2)17(12)14-8-11-10-23-20(21)25-18(11)19(22-3)24-14;2*1-3-2;1-2/h8-10H,6-7H2,1-5H3,(H,22,24)(H2,21,23,25);2*3H2,1-2H3;1-2H3. The maximum Gasteiger partial charge on any atom is 0.220 e. The summed E-state index contributed by atoms with van der Waals surface area (Å²) in [5, 5.41) is 3.99. The van der Waals surface area contributed by atoms with Crippen molar-refractivity contribution in [3.63, 3.8) is 0 Å². The van der Waals surface area contributed by atoms with Crippen LogP contribution in [0.15, 0.2) is 18.3 Å². The number of fused-ring (bicyclic) bond motifs is 1. The van der Waals surface area contributed by atoms with Gasteiger partial charge in [-0.25, -0.2) is 15.0 Å². The summed E-state index contributed by atoms with van der Waals surface area (Å²) in [5.41, 5.74) is 10.5. The predicted molar refractivity (Wildman–Crippen MR) is 152 cm³/mol. The first kappa shape index (κ1) is 31.9. The first-order valence-corrected chi connectivity index (χ1v) is 12.8. The molecule has 35 heavy (non-hydrogen) atoms. The Morgan fingerprint density at radius 1 is 0.829 bits per heavy atom. The van der Waals surface area contributed by atoms with Gasteiger partial charge in [0, 0.05) is 41.4 Å². The highest BCUT2D eigenvalue weighted by Gasteiger charge is 2.21. The first-order chi connectivity index (χ1) is 16.9. The van der Waals surface area contributed by atoms with E-state index in [0.717, 1.165) is 52.1 Å². The zero-order chi connectivity index (χ0) is 27.0. The van der Waals surface area contributed by atoms with Crippen LogP contribution in [0.4, 0.5) is 11.8 Å². The van der Waals surface area contributed by atoms with Gasteiger partial charge < -0.3 is 20.5 Å². The zero-order valence-electron chi connectivity index (χ0n) is 23.8. The van der Waals surface area contributed by atoms with E-state index in [1.807, 2.05) is 33.0 Å². The summed E-state index contributed by atoms with van der Waals surface area (Å²) in [6, 6.07) is 3.94. The number of nitrogen functional groups attached to an aromatic ring is 1. The number of rotatable bonds is 6. The number of benzene rings is 1. The Bertz CT molecular complexity index is 990. The van der Waals surface area contributed by atoms with Gasteiger partial charge in [-0.15, -0.1) is 0 Å². The Morgan fingerprint density at radius 2 is 1.31 bits per heavy atom. The minimum Gasteiger partial charge on any atom is -0.496 e. The van der Waals surface area contributed by atoms with E-state index < -0.39 is 0 Å². The number of pyridine rings is 1. The highest BCUT2D eigenvalue weighted by atomic mass is 16.5. The number of hydrogen-bond acceptors (Lipinski definition) is 7. The van der Waals surface area contributed by atoms with Crippen LogP contribution in [0.2, 0.25) is 0 Å². The molecule has 0 amide bonds. The van der Waals surface area contributed by atoms with Gasteiger partial charge in [0.1, 0.15) is 17.0 Å². The molecule has 3 rings (SSSR count). The summed E-state index contributed by atoms with van der Waals surface area (Å²) in [6.45, 7) is 16.7. The van der Waals surface area contributed by atoms with E-state index in [0.29, 0.717) is 11.3 Å². The second kappa shape index (κ2) is 17.4. The highest BCUT2D eigenvalue weighted by molar-refractivity contribution is 5.92. The lowest BCUT2D eigenvalue weighted by Gasteiger charge is -2.20. The van der Waals surface area contributed by atoms with E-state index >= 15 is 0 Å². The molecule has 0 aliphatic heterocycles. The number of anilines is 2. The summed E-state index contributed by atoms with van der Waals surface area (Å²) < 4.78 is 11.3. The van der Waals surface area contributed by atoms with Crippen LogP contribution in [0.3, 0.4) is 0 Å². The number of nitrogens with two attached hydrogens (primary N) is 1. The third-order valence-electron chi connectivity index (χ3n) is 4.68. The van der Waals surface area contributed by atoms with E-state index in [1.54, 1.807) is 20.4 Å². The van der Waals surface area contributed by atoms with E-state index in [9.17, 15) is 0 Å². The Morgan fingerprint density at radius 3 is 1.71 bits per heavy atom. The van der Waals surface area contributed by atoms with Gasteiger partial charge in [0.25, 0.3) is 0 Å². The Hall–Kier alpha value is -3.09. The SMILES string of the molecule is CC.CCC.CCC.CCc1c(OC)cc(OC)c(CC)c1-c1cc2cnc(N)nc2c(NC)n1. The molecule has 0 spiro atoms. The molecule has 3 N–H and O–H groups in total. The number of methoxy groups -OCH3 is 2. The largest absolute Gasteiger partial charge is 0.496 e. The normalized spacial score (nSPS) is 9.57. The van der Waals surface area contributed by atoms with Crippen molar-refractivity contribution in [1.82, 2.24) is 15.0 Å². The van der Waals surface area contributed by atoms with E-state index in [4.69, 9.17) is 20.2 Å². The second-order valence-corrected chi connectivity index (χ2v) is 7.51. The summed E-state index contributed by atoms with van der Waals surface area (Å²) in [6.07, 6.45) is 5.84. The van der Waals surface area contributed by atoms with Crippen molar-refractivity contribution in [2.45, 2.75) is 81.1 Å². The Labute approximate surface area is 212 Å². The van der Waals surface area contributed by atoms with Crippen molar-refractivity contribution in [3.05, 3.63) is 29.5 Å². The van der Waals surface area contributed by atoms with Crippen LogP contribution in [-0.2, 0) is 12.8 Å². The first-order valence-electron chi connectivity index (χ1n) is 12.8. The van der Waals surface area contributed by atoms with Crippen molar-refractivity contribution in [2.75, 3.05) is 32.3 Å². The molecular formula is C28H47N5O2. The molecule has 0 fully saturated rings. The highest BCUT2D eigenvalue weighted by Crippen LogP contribution is 2.41. The molecule has 7 nitrogen and oxygen atoms in total. The van der Waals surface area contributed by atoms with Gasteiger partial charge in [-0.1, -0.05) is 68.2 Å². The van der Waals surface area contributed by atoms with Gasteiger partial charge in [0.2, 0.25) is 5.95 Å². The van der Waals surface area contributed by atoms with Gasteiger partial charge in [0.15, 0.2) is 5.82 Å². The van der Waals surface area contributed by atoms with Crippen LogP contribution >= 0.6 is 0 Å². The van der Waals surface area contributed by atoms with Crippen molar-refractivity contribution < 1.29 is 9.47 Å². The summed E-state index contributed by atoms with van der Waals surface area (Å²) in [4.78, 5) is 13.3. The minimum absolute atomic E-state index is 0.222. The van der Waals surface area contributed by atoms with Crippen LogP contribution < -0.4 is 20.5 Å². The van der Waals surface area contributed by atoms with Crippen molar-refractivity contribution in [2.24, 2.45) is 0 Å². The monoisotopic (exact) mass is 485 g/mol. The molecule has 0 aliphatic carbocycles. The third kappa shape index (κ3) is 8.26. The Kier molecular flexibility index (Phi) is 15.8. The van der Waals surface area contributed by atoms with E-state index in [-0.39, 0.29) is 5.95 Å². The minimum atomic E-state index is 0.222. The topological polar surface area (TPSA) is 95.2 Å². The molecule has 1 aromatic carbocycles. The lowest BCUT2D eigenvalue weighted by Crippen LogP contribution is -2.05. The average Bonchev–Trinajstić information content (AvgIpc) is 2.88. The molecule has 7 heteroatoms. The summed E-state index contributed by atoms with van der Waals surface area (Å²) >= 11 is 0. The lowest BCUT2D eigenvalue weighted by molar-refractivity contribution is 0.389. The van der Waals surface area contributed by atoms with E-state index in [1.165, 1.54) is 12.8 Å². The Balaban J connectivity index is 0.00000129. The van der Waals surface area contributed by atoms with Gasteiger partial charge in [0.05, 0.1) is 19.9 Å². The average molecular weight is 486 g/mol. The number of ether oxygens (including phenoxy) is 2. The zero-order valence-corrected chi connectivity index (χ0v) is 23.8. The second-order valence-electron chi connectivity index (χ2n) is 7.51. The van der Waals surface area contributed by atoms with E-state index in [2.05, 4.69) is 56.8 Å². The fourth-order valence-corrected chi connectivity index (χ4v) is 3.45. The molecule has 0 bridgehead atoms. The molecule has 0 saturated carbocycles. The van der Waals surface area contributed by atoms with Crippen LogP contribution in [-0.4, -0.2) is 36.2 Å². The smallest absolute Gasteiger partial charge is 0.220 e. The number of aromatic nitrogens is 3.